The minimum Gasteiger partial charge on any atom is -0.486 e. The summed E-state index contributed by atoms with van der Waals surface area (Å²) in [5, 5.41) is 2.94. The summed E-state index contributed by atoms with van der Waals surface area (Å²) in [7, 11) is 0. The Morgan fingerprint density at radius 2 is 1.60 bits per heavy atom. The molecule has 3 aliphatic rings. The fraction of sp³-hybridized carbons (Fsp3) is 0.364. The molecule has 2 aromatic rings. The van der Waals surface area contributed by atoms with E-state index in [1.54, 1.807) is 0 Å². The Labute approximate surface area is 177 Å². The predicted molar refractivity (Wildman–Crippen MR) is 106 cm³/mol. The van der Waals surface area contributed by atoms with Crippen LogP contribution in [-0.2, 0) is 9.59 Å². The molecule has 5 nitrogen and oxygen atoms in total. The SMILES string of the molecule is O=C(COc1ccc(F)cc1)CC12CC(NC(=O)COc3ccc(Cl)c(F)c3)(C1)C2. The van der Waals surface area contributed by atoms with E-state index in [1.807, 2.05) is 0 Å². The van der Waals surface area contributed by atoms with Gasteiger partial charge in [0.1, 0.15) is 29.7 Å². The number of Topliss-reactive ketones (excluding diaryl/α,β-unsaturated/α-hetero) is 1. The molecule has 8 heteroatoms. The Morgan fingerprint density at radius 3 is 2.27 bits per heavy atom. The molecule has 0 radical (unpaired) electrons. The molecule has 30 heavy (non-hydrogen) atoms. The van der Waals surface area contributed by atoms with Gasteiger partial charge in [-0.25, -0.2) is 8.78 Å². The van der Waals surface area contributed by atoms with E-state index in [0.29, 0.717) is 12.2 Å². The van der Waals surface area contributed by atoms with E-state index in [1.165, 1.54) is 36.4 Å². The second-order valence-electron chi connectivity index (χ2n) is 8.18. The van der Waals surface area contributed by atoms with E-state index in [9.17, 15) is 18.4 Å². The van der Waals surface area contributed by atoms with Crippen molar-refractivity contribution in [1.29, 1.82) is 0 Å². The van der Waals surface area contributed by atoms with Crippen LogP contribution in [0.15, 0.2) is 42.5 Å². The number of hydrogen-bond acceptors (Lipinski definition) is 4. The molecule has 5 rings (SSSR count). The molecule has 2 bridgehead atoms. The van der Waals surface area contributed by atoms with Gasteiger partial charge in [0, 0.05) is 18.0 Å². The number of carbonyl (C=O) groups excluding carboxylic acids is 2. The Morgan fingerprint density at radius 1 is 0.967 bits per heavy atom. The van der Waals surface area contributed by atoms with Gasteiger partial charge in [0.15, 0.2) is 12.4 Å². The number of nitrogens with one attached hydrogen (secondary N) is 1. The molecule has 3 saturated carbocycles. The van der Waals surface area contributed by atoms with E-state index in [0.717, 1.165) is 25.3 Å². The first-order chi connectivity index (χ1) is 14.3. The lowest BCUT2D eigenvalue weighted by atomic mass is 9.38. The molecule has 2 aromatic carbocycles. The van der Waals surface area contributed by atoms with Gasteiger partial charge >= 0.3 is 0 Å². The van der Waals surface area contributed by atoms with Crippen LogP contribution in [0.2, 0.25) is 5.02 Å². The summed E-state index contributed by atoms with van der Waals surface area (Å²) in [5.74, 6) is -0.596. The Bertz CT molecular complexity index is 960. The molecular formula is C22H20ClF2NO4. The molecule has 1 amide bonds. The molecule has 0 saturated heterocycles. The maximum Gasteiger partial charge on any atom is 0.258 e. The smallest absolute Gasteiger partial charge is 0.258 e. The summed E-state index contributed by atoms with van der Waals surface area (Å²) < 4.78 is 37.0. The van der Waals surface area contributed by atoms with Gasteiger partial charge in [0.05, 0.1) is 5.02 Å². The maximum atomic E-state index is 13.4. The van der Waals surface area contributed by atoms with E-state index in [-0.39, 0.29) is 52.4 Å². The van der Waals surface area contributed by atoms with E-state index in [4.69, 9.17) is 21.1 Å². The van der Waals surface area contributed by atoms with Gasteiger partial charge in [-0.3, -0.25) is 9.59 Å². The van der Waals surface area contributed by atoms with Crippen LogP contribution in [-0.4, -0.2) is 30.4 Å². The van der Waals surface area contributed by atoms with Crippen LogP contribution in [0, 0.1) is 17.0 Å². The Hall–Kier alpha value is -2.67. The minimum atomic E-state index is -0.607. The quantitative estimate of drug-likeness (QED) is 0.644. The van der Waals surface area contributed by atoms with Crippen molar-refractivity contribution in [3.63, 3.8) is 0 Å². The maximum absolute atomic E-state index is 13.4. The summed E-state index contributed by atoms with van der Waals surface area (Å²) in [6, 6.07) is 9.51. The van der Waals surface area contributed by atoms with E-state index >= 15 is 0 Å². The van der Waals surface area contributed by atoms with Crippen molar-refractivity contribution >= 4 is 23.3 Å². The third-order valence-electron chi connectivity index (χ3n) is 5.59. The topological polar surface area (TPSA) is 64.6 Å². The zero-order valence-corrected chi connectivity index (χ0v) is 16.8. The first-order valence-electron chi connectivity index (χ1n) is 9.56. The van der Waals surface area contributed by atoms with Crippen molar-refractivity contribution in [2.24, 2.45) is 5.41 Å². The third kappa shape index (κ3) is 4.41. The van der Waals surface area contributed by atoms with Gasteiger partial charge in [-0.05, 0) is 61.1 Å². The standard InChI is InChI=1S/C22H20ClF2NO4/c23-18-6-5-17(7-19(18)25)30-10-20(28)26-22-11-21(12-22,13-22)8-15(27)9-29-16-3-1-14(24)2-4-16/h1-7H,8-13H2,(H,26,28). The highest BCUT2D eigenvalue weighted by Crippen LogP contribution is 2.68. The first-order valence-corrected chi connectivity index (χ1v) is 9.93. The van der Waals surface area contributed by atoms with Crippen LogP contribution in [0.5, 0.6) is 11.5 Å². The normalized spacial score (nSPS) is 23.7. The lowest BCUT2D eigenvalue weighted by Crippen LogP contribution is -2.75. The molecule has 0 spiro atoms. The zero-order valence-electron chi connectivity index (χ0n) is 16.1. The van der Waals surface area contributed by atoms with Crippen LogP contribution >= 0.6 is 11.6 Å². The lowest BCUT2D eigenvalue weighted by molar-refractivity contribution is -0.173. The van der Waals surface area contributed by atoms with Gasteiger partial charge in [-0.2, -0.15) is 0 Å². The summed E-state index contributed by atoms with van der Waals surface area (Å²) in [6.07, 6.45) is 2.61. The highest BCUT2D eigenvalue weighted by molar-refractivity contribution is 6.30. The van der Waals surface area contributed by atoms with Crippen molar-refractivity contribution in [1.82, 2.24) is 5.32 Å². The molecule has 0 aliphatic heterocycles. The van der Waals surface area contributed by atoms with E-state index < -0.39 is 5.82 Å². The van der Waals surface area contributed by atoms with Gasteiger partial charge in [0.25, 0.3) is 5.91 Å². The molecule has 3 aliphatic carbocycles. The fourth-order valence-corrected chi connectivity index (χ4v) is 4.65. The van der Waals surface area contributed by atoms with Crippen LogP contribution in [0.3, 0.4) is 0 Å². The first kappa shape index (κ1) is 20.6. The Balaban J connectivity index is 1.17. The molecule has 0 aromatic heterocycles. The molecule has 0 atom stereocenters. The Kier molecular flexibility index (Phi) is 5.40. The summed E-state index contributed by atoms with van der Waals surface area (Å²) in [5.41, 5.74) is -0.347. The lowest BCUT2D eigenvalue weighted by Gasteiger charge is -2.70. The van der Waals surface area contributed by atoms with Crippen molar-refractivity contribution in [2.75, 3.05) is 13.2 Å². The van der Waals surface area contributed by atoms with Gasteiger partial charge in [-0.15, -0.1) is 0 Å². The second-order valence-corrected chi connectivity index (χ2v) is 8.59. The van der Waals surface area contributed by atoms with Crippen molar-refractivity contribution < 1.29 is 27.8 Å². The number of ether oxygens (including phenoxy) is 2. The molecule has 158 valence electrons. The predicted octanol–water partition coefficient (Wildman–Crippen LogP) is 4.07. The number of amides is 1. The van der Waals surface area contributed by atoms with Crippen molar-refractivity contribution in [2.45, 2.75) is 31.2 Å². The summed E-state index contributed by atoms with van der Waals surface area (Å²) in [4.78, 5) is 24.3. The van der Waals surface area contributed by atoms with Crippen LogP contribution in [0.1, 0.15) is 25.7 Å². The zero-order chi connectivity index (χ0) is 21.4. The monoisotopic (exact) mass is 435 g/mol. The highest BCUT2D eigenvalue weighted by atomic mass is 35.5. The number of halogens is 3. The van der Waals surface area contributed by atoms with Gasteiger partial charge in [-0.1, -0.05) is 11.6 Å². The summed E-state index contributed by atoms with van der Waals surface area (Å²) >= 11 is 5.61. The minimum absolute atomic E-state index is 0.0106. The molecule has 1 N–H and O–H groups in total. The average molecular weight is 436 g/mol. The number of hydrogen-bond donors (Lipinski definition) is 1. The summed E-state index contributed by atoms with van der Waals surface area (Å²) in [6.45, 7) is -0.279. The van der Waals surface area contributed by atoms with Gasteiger partial charge < -0.3 is 14.8 Å². The molecule has 0 unspecified atom stereocenters. The molecule has 3 fully saturated rings. The average Bonchev–Trinajstić information content (AvgIpc) is 2.66. The number of carbonyl (C=O) groups is 2. The third-order valence-corrected chi connectivity index (χ3v) is 5.90. The highest BCUT2D eigenvalue weighted by Gasteiger charge is 2.68. The number of rotatable bonds is 9. The molecule has 0 heterocycles. The van der Waals surface area contributed by atoms with Gasteiger partial charge in [0.2, 0.25) is 0 Å². The van der Waals surface area contributed by atoms with Crippen LogP contribution < -0.4 is 14.8 Å². The van der Waals surface area contributed by atoms with E-state index in [2.05, 4.69) is 5.32 Å². The number of benzene rings is 2. The fourth-order valence-electron chi connectivity index (χ4n) is 4.53. The van der Waals surface area contributed by atoms with Crippen molar-refractivity contribution in [3.05, 3.63) is 59.1 Å². The van der Waals surface area contributed by atoms with Crippen LogP contribution in [0.4, 0.5) is 8.78 Å². The second kappa shape index (κ2) is 7.87. The number of ketones is 1. The largest absolute Gasteiger partial charge is 0.486 e. The molecular weight excluding hydrogens is 416 g/mol. The van der Waals surface area contributed by atoms with Crippen molar-refractivity contribution in [3.8, 4) is 11.5 Å². The van der Waals surface area contributed by atoms with Crippen LogP contribution in [0.25, 0.3) is 0 Å².